The van der Waals surface area contributed by atoms with Crippen LogP contribution in [0.4, 0.5) is 28.7 Å². The van der Waals surface area contributed by atoms with E-state index in [1.807, 2.05) is 12.1 Å². The normalized spacial score (nSPS) is 10.1. The van der Waals surface area contributed by atoms with Crippen molar-refractivity contribution in [2.24, 2.45) is 0 Å². The second kappa shape index (κ2) is 7.26. The first-order valence-electron chi connectivity index (χ1n) is 7.09. The van der Waals surface area contributed by atoms with Crippen LogP contribution in [-0.4, -0.2) is 22.4 Å². The zero-order valence-corrected chi connectivity index (χ0v) is 12.7. The van der Waals surface area contributed by atoms with E-state index in [4.69, 9.17) is 5.73 Å². The molecule has 2 rings (SSSR count). The molecular weight excluding hydrogens is 280 g/mol. The lowest BCUT2D eigenvalue weighted by Gasteiger charge is -2.12. The highest BCUT2D eigenvalue weighted by atomic mass is 16.1. The second-order valence-corrected chi connectivity index (χ2v) is 4.79. The van der Waals surface area contributed by atoms with Gasteiger partial charge in [0.25, 0.3) is 0 Å². The van der Waals surface area contributed by atoms with Crippen LogP contribution in [0.2, 0.25) is 0 Å². The summed E-state index contributed by atoms with van der Waals surface area (Å²) in [5.74, 6) is 1.06. The van der Waals surface area contributed by atoms with E-state index >= 15 is 0 Å². The van der Waals surface area contributed by atoms with Crippen molar-refractivity contribution in [1.29, 1.82) is 0 Å². The maximum absolute atomic E-state index is 11.0. The Hall–Kier alpha value is -2.83. The number of nitrogens with zero attached hydrogens (tertiary/aromatic N) is 2. The van der Waals surface area contributed by atoms with E-state index in [0.717, 1.165) is 24.3 Å². The third-order valence-corrected chi connectivity index (χ3v) is 2.89. The van der Waals surface area contributed by atoms with Gasteiger partial charge in [-0.05, 0) is 30.7 Å². The Morgan fingerprint density at radius 2 is 1.77 bits per heavy atom. The molecule has 0 atom stereocenters. The van der Waals surface area contributed by atoms with E-state index in [-0.39, 0.29) is 5.91 Å². The number of nitrogens with one attached hydrogen (secondary N) is 3. The molecule has 0 fully saturated rings. The van der Waals surface area contributed by atoms with Gasteiger partial charge in [0.2, 0.25) is 5.91 Å². The van der Waals surface area contributed by atoms with E-state index in [1.165, 1.54) is 13.3 Å². The van der Waals surface area contributed by atoms with Crippen molar-refractivity contribution in [3.63, 3.8) is 0 Å². The molecule has 7 nitrogen and oxygen atoms in total. The number of carbonyl (C=O) groups is 1. The van der Waals surface area contributed by atoms with Crippen molar-refractivity contribution in [1.82, 2.24) is 9.97 Å². The van der Waals surface area contributed by atoms with Crippen LogP contribution < -0.4 is 21.7 Å². The van der Waals surface area contributed by atoms with Crippen LogP contribution in [0, 0.1) is 0 Å². The third-order valence-electron chi connectivity index (χ3n) is 2.89. The predicted octanol–water partition coefficient (Wildman–Crippen LogP) is 2.58. The molecule has 2 aromatic rings. The summed E-state index contributed by atoms with van der Waals surface area (Å²) >= 11 is 0. The number of aromatic nitrogens is 2. The van der Waals surface area contributed by atoms with Gasteiger partial charge in [-0.1, -0.05) is 6.92 Å². The summed E-state index contributed by atoms with van der Waals surface area (Å²) in [5, 5.41) is 9.01. The van der Waals surface area contributed by atoms with E-state index in [0.29, 0.717) is 17.3 Å². The third kappa shape index (κ3) is 4.08. The molecule has 1 amide bonds. The summed E-state index contributed by atoms with van der Waals surface area (Å²) in [4.78, 5) is 19.3. The van der Waals surface area contributed by atoms with Gasteiger partial charge < -0.3 is 21.7 Å². The largest absolute Gasteiger partial charge is 0.393 e. The molecule has 5 N–H and O–H groups in total. The van der Waals surface area contributed by atoms with Gasteiger partial charge in [-0.25, -0.2) is 9.97 Å². The minimum absolute atomic E-state index is 0.104. The molecule has 116 valence electrons. The topological polar surface area (TPSA) is 105 Å². The standard InChI is InChI=1S/C15H20N6O/c1-3-8-17-14-13(16)15(19-9-18-14)21-12-6-4-11(5-7-12)20-10(2)22/h4-7,9H,3,8,16H2,1-2H3,(H,20,22)(H2,17,18,19,21). The molecule has 0 saturated carbocycles. The Morgan fingerprint density at radius 1 is 1.14 bits per heavy atom. The molecule has 7 heteroatoms. The molecule has 0 aliphatic heterocycles. The fourth-order valence-corrected chi connectivity index (χ4v) is 1.86. The minimum atomic E-state index is -0.104. The monoisotopic (exact) mass is 300 g/mol. The lowest BCUT2D eigenvalue weighted by Crippen LogP contribution is -2.08. The van der Waals surface area contributed by atoms with Crippen molar-refractivity contribution in [3.05, 3.63) is 30.6 Å². The quantitative estimate of drug-likeness (QED) is 0.653. The molecule has 0 aliphatic carbocycles. The fourth-order valence-electron chi connectivity index (χ4n) is 1.86. The van der Waals surface area contributed by atoms with Gasteiger partial charge >= 0.3 is 0 Å². The number of anilines is 5. The Morgan fingerprint density at radius 3 is 2.41 bits per heavy atom. The highest BCUT2D eigenvalue weighted by Crippen LogP contribution is 2.26. The molecule has 1 aromatic carbocycles. The SMILES string of the molecule is CCCNc1ncnc(Nc2ccc(NC(C)=O)cc2)c1N. The minimum Gasteiger partial charge on any atom is -0.393 e. The Balaban J connectivity index is 2.11. The zero-order valence-electron chi connectivity index (χ0n) is 12.7. The molecule has 22 heavy (non-hydrogen) atoms. The lowest BCUT2D eigenvalue weighted by molar-refractivity contribution is -0.114. The average Bonchev–Trinajstić information content (AvgIpc) is 2.49. The van der Waals surface area contributed by atoms with Crippen LogP contribution in [-0.2, 0) is 4.79 Å². The first-order valence-corrected chi connectivity index (χ1v) is 7.09. The molecule has 0 spiro atoms. The van der Waals surface area contributed by atoms with Gasteiger partial charge in [0.1, 0.15) is 12.0 Å². The van der Waals surface area contributed by atoms with Crippen LogP contribution in [0.5, 0.6) is 0 Å². The van der Waals surface area contributed by atoms with Crippen LogP contribution >= 0.6 is 0 Å². The number of nitrogens with two attached hydrogens (primary N) is 1. The molecule has 1 heterocycles. The first kappa shape index (κ1) is 15.6. The first-order chi connectivity index (χ1) is 10.6. The van der Waals surface area contributed by atoms with Crippen LogP contribution in [0.1, 0.15) is 20.3 Å². The highest BCUT2D eigenvalue weighted by molar-refractivity contribution is 5.89. The summed E-state index contributed by atoms with van der Waals surface area (Å²) in [7, 11) is 0. The molecular formula is C15H20N6O. The number of nitrogen functional groups attached to an aromatic ring is 1. The van der Waals surface area contributed by atoms with Crippen molar-refractivity contribution in [3.8, 4) is 0 Å². The van der Waals surface area contributed by atoms with Crippen molar-refractivity contribution in [2.75, 3.05) is 28.2 Å². The lowest BCUT2D eigenvalue weighted by atomic mass is 10.2. The van der Waals surface area contributed by atoms with Gasteiger partial charge in [-0.3, -0.25) is 4.79 Å². The maximum atomic E-state index is 11.0. The van der Waals surface area contributed by atoms with Gasteiger partial charge in [0.05, 0.1) is 0 Å². The fraction of sp³-hybridized carbons (Fsp3) is 0.267. The molecule has 0 aliphatic rings. The van der Waals surface area contributed by atoms with E-state index in [9.17, 15) is 4.79 Å². The van der Waals surface area contributed by atoms with Gasteiger partial charge in [-0.15, -0.1) is 0 Å². The number of carbonyl (C=O) groups excluding carboxylic acids is 1. The average molecular weight is 300 g/mol. The Bertz CT molecular complexity index is 641. The predicted molar refractivity (Wildman–Crippen MR) is 89.3 cm³/mol. The number of benzene rings is 1. The van der Waals surface area contributed by atoms with E-state index in [1.54, 1.807) is 12.1 Å². The number of hydrogen-bond donors (Lipinski definition) is 4. The van der Waals surface area contributed by atoms with Gasteiger partial charge in [0.15, 0.2) is 11.6 Å². The van der Waals surface area contributed by atoms with Crippen LogP contribution in [0.25, 0.3) is 0 Å². The molecule has 0 radical (unpaired) electrons. The summed E-state index contributed by atoms with van der Waals surface area (Å²) in [6, 6.07) is 7.28. The Labute approximate surface area is 129 Å². The molecule has 1 aromatic heterocycles. The van der Waals surface area contributed by atoms with E-state index in [2.05, 4.69) is 32.8 Å². The zero-order chi connectivity index (χ0) is 15.9. The van der Waals surface area contributed by atoms with Gasteiger partial charge in [0, 0.05) is 24.8 Å². The molecule has 0 unspecified atom stereocenters. The van der Waals surface area contributed by atoms with Crippen LogP contribution in [0.15, 0.2) is 30.6 Å². The summed E-state index contributed by atoms with van der Waals surface area (Å²) in [6.07, 6.45) is 2.44. The summed E-state index contributed by atoms with van der Waals surface area (Å²) in [5.41, 5.74) is 8.09. The second-order valence-electron chi connectivity index (χ2n) is 4.79. The maximum Gasteiger partial charge on any atom is 0.221 e. The number of hydrogen-bond acceptors (Lipinski definition) is 6. The van der Waals surface area contributed by atoms with Gasteiger partial charge in [-0.2, -0.15) is 0 Å². The van der Waals surface area contributed by atoms with Crippen molar-refractivity contribution in [2.45, 2.75) is 20.3 Å². The van der Waals surface area contributed by atoms with E-state index < -0.39 is 0 Å². The number of amides is 1. The van der Waals surface area contributed by atoms with Crippen LogP contribution in [0.3, 0.4) is 0 Å². The molecule has 0 saturated heterocycles. The number of rotatable bonds is 6. The highest BCUT2D eigenvalue weighted by Gasteiger charge is 2.07. The smallest absolute Gasteiger partial charge is 0.221 e. The van der Waals surface area contributed by atoms with Crippen molar-refractivity contribution >= 4 is 34.6 Å². The molecule has 0 bridgehead atoms. The Kier molecular flexibility index (Phi) is 5.13. The van der Waals surface area contributed by atoms with Crippen molar-refractivity contribution < 1.29 is 4.79 Å². The summed E-state index contributed by atoms with van der Waals surface area (Å²) < 4.78 is 0. The summed E-state index contributed by atoms with van der Waals surface area (Å²) in [6.45, 7) is 4.34.